The Bertz CT molecular complexity index is 3520. The van der Waals surface area contributed by atoms with Crippen molar-refractivity contribution >= 4 is 77.7 Å². The number of benzene rings is 9. The number of anilines is 6. The third kappa shape index (κ3) is 6.82. The molecule has 9 aromatic carbocycles. The van der Waals surface area contributed by atoms with E-state index in [4.69, 9.17) is 0 Å². The first-order valence-corrected chi connectivity index (χ1v) is 20.8. The third-order valence-electron chi connectivity index (χ3n) is 12.0. The minimum atomic E-state index is -1.03. The van der Waals surface area contributed by atoms with Crippen LogP contribution in [0.2, 0.25) is 0 Å². The lowest BCUT2D eigenvalue weighted by Gasteiger charge is -2.28. The van der Waals surface area contributed by atoms with Crippen LogP contribution in [0.15, 0.2) is 194 Å². The van der Waals surface area contributed by atoms with Gasteiger partial charge in [-0.3, -0.25) is 0 Å². The highest BCUT2D eigenvalue weighted by Gasteiger charge is 2.24. The molecule has 0 saturated carbocycles. The van der Waals surface area contributed by atoms with Crippen LogP contribution in [0.3, 0.4) is 0 Å². The molecule has 2 aromatic heterocycles. The van der Waals surface area contributed by atoms with Crippen LogP contribution in [0.4, 0.5) is 60.5 Å². The zero-order chi connectivity index (χ0) is 44.3. The Morgan fingerprint density at radius 2 is 0.692 bits per heavy atom. The lowest BCUT2D eigenvalue weighted by atomic mass is 10.1. The first-order valence-electron chi connectivity index (χ1n) is 20.8. The summed E-state index contributed by atoms with van der Waals surface area (Å²) in [6.07, 6.45) is 0. The Balaban J connectivity index is 1.11. The largest absolute Gasteiger partial charge is 0.336 e. The Kier molecular flexibility index (Phi) is 9.65. The van der Waals surface area contributed by atoms with Crippen LogP contribution in [-0.2, 0) is 6.54 Å². The second-order valence-corrected chi connectivity index (χ2v) is 15.8. The van der Waals surface area contributed by atoms with Gasteiger partial charge in [0.05, 0.1) is 17.6 Å². The average Bonchev–Trinajstić information content (AvgIpc) is 3.80. The summed E-state index contributed by atoms with van der Waals surface area (Å²) in [7, 11) is 0. The van der Waals surface area contributed by atoms with Gasteiger partial charge in [-0.1, -0.05) is 72.8 Å². The molecule has 2 heterocycles. The molecule has 0 unspecified atom stereocenters. The van der Waals surface area contributed by atoms with E-state index in [1.807, 2.05) is 156 Å². The van der Waals surface area contributed by atoms with Crippen molar-refractivity contribution in [2.75, 3.05) is 9.80 Å². The molecule has 0 fully saturated rings. The molecule has 0 amide bonds. The lowest BCUT2D eigenvalue weighted by Crippen LogP contribution is -2.12. The molecule has 0 atom stereocenters. The van der Waals surface area contributed by atoms with E-state index in [1.165, 1.54) is 4.57 Å². The highest BCUT2D eigenvalue weighted by molar-refractivity contribution is 6.12. The van der Waals surface area contributed by atoms with Crippen LogP contribution in [-0.4, -0.2) is 9.13 Å². The molecule has 4 nitrogen and oxygen atoms in total. The van der Waals surface area contributed by atoms with Gasteiger partial charge in [0.2, 0.25) is 0 Å². The Morgan fingerprint density at radius 3 is 1.25 bits per heavy atom. The molecule has 11 rings (SSSR count). The number of aromatic nitrogens is 2. The van der Waals surface area contributed by atoms with Gasteiger partial charge in [0.15, 0.2) is 11.6 Å². The van der Waals surface area contributed by atoms with E-state index < -0.39 is 34.9 Å². The number of nitrogens with zero attached hydrogens (tertiary/aromatic N) is 4. The molecule has 0 N–H and O–H groups in total. The molecule has 0 aliphatic heterocycles. The van der Waals surface area contributed by atoms with Crippen molar-refractivity contribution in [2.24, 2.45) is 0 Å². The van der Waals surface area contributed by atoms with E-state index in [0.717, 1.165) is 55.8 Å². The summed E-state index contributed by atoms with van der Waals surface area (Å²) in [6.45, 7) is -0.179. The number of fused-ring (bicyclic) bond motifs is 6. The topological polar surface area (TPSA) is 16.3 Å². The number of hydrogen-bond acceptors (Lipinski definition) is 2. The molecule has 0 bridgehead atoms. The minimum Gasteiger partial charge on any atom is -0.336 e. The first-order chi connectivity index (χ1) is 31.7. The van der Waals surface area contributed by atoms with Crippen LogP contribution in [0.5, 0.6) is 0 Å². The van der Waals surface area contributed by atoms with Crippen LogP contribution >= 0.6 is 0 Å². The van der Waals surface area contributed by atoms with Crippen molar-refractivity contribution in [3.63, 3.8) is 0 Å². The fourth-order valence-electron chi connectivity index (χ4n) is 9.12. The summed E-state index contributed by atoms with van der Waals surface area (Å²) in [5.41, 5.74) is 6.94. The molecular formula is C55H34F6N4. The quantitative estimate of drug-likeness (QED) is 0.134. The van der Waals surface area contributed by atoms with E-state index >= 15 is 17.6 Å². The molecule has 10 heteroatoms. The summed E-state index contributed by atoms with van der Waals surface area (Å²) in [4.78, 5) is 4.24. The van der Waals surface area contributed by atoms with Gasteiger partial charge < -0.3 is 18.9 Å². The maximum absolute atomic E-state index is 15.5. The number of para-hydroxylation sites is 4. The van der Waals surface area contributed by atoms with E-state index in [9.17, 15) is 8.78 Å². The fraction of sp³-hybridized carbons (Fsp3) is 0.0182. The molecule has 0 aliphatic rings. The van der Waals surface area contributed by atoms with Gasteiger partial charge in [0, 0.05) is 96.5 Å². The second kappa shape index (κ2) is 15.8. The van der Waals surface area contributed by atoms with E-state index in [0.29, 0.717) is 46.2 Å². The maximum atomic E-state index is 15.5. The van der Waals surface area contributed by atoms with Gasteiger partial charge in [-0.25, -0.2) is 26.3 Å². The molecule has 11 aromatic rings. The van der Waals surface area contributed by atoms with Gasteiger partial charge >= 0.3 is 0 Å². The Morgan fingerprint density at radius 1 is 0.323 bits per heavy atom. The van der Waals surface area contributed by atoms with Gasteiger partial charge in [0.25, 0.3) is 0 Å². The summed E-state index contributed by atoms with van der Waals surface area (Å²) < 4.78 is 92.8. The Labute approximate surface area is 368 Å². The van der Waals surface area contributed by atoms with E-state index in [2.05, 4.69) is 9.80 Å². The highest BCUT2D eigenvalue weighted by Crippen LogP contribution is 2.44. The monoisotopic (exact) mass is 864 g/mol. The fourth-order valence-corrected chi connectivity index (χ4v) is 9.12. The van der Waals surface area contributed by atoms with Crippen molar-refractivity contribution in [3.8, 4) is 5.69 Å². The number of halogens is 6. The molecule has 65 heavy (non-hydrogen) atoms. The SMILES string of the molecule is Fc1cc(F)c(Cn2c3ccccc3c3cc(N(c4ccc(N(c5ccccc5)c5ccccc5)cc4)c4ccc5c(c4)c4ccccc4n5-c4c(F)cc(F)cc4F)ccc32)c(F)c1. The smallest absolute Gasteiger partial charge is 0.153 e. The predicted molar refractivity (Wildman–Crippen MR) is 248 cm³/mol. The second-order valence-electron chi connectivity index (χ2n) is 15.8. The molecule has 316 valence electrons. The van der Waals surface area contributed by atoms with Crippen molar-refractivity contribution in [2.45, 2.75) is 6.54 Å². The Hall–Kier alpha value is -8.24. The van der Waals surface area contributed by atoms with Crippen LogP contribution in [0.1, 0.15) is 5.56 Å². The zero-order valence-electron chi connectivity index (χ0n) is 34.2. The van der Waals surface area contributed by atoms with Gasteiger partial charge in [0.1, 0.15) is 29.0 Å². The summed E-state index contributed by atoms with van der Waals surface area (Å²) in [6, 6.07) is 57.4. The molecule has 0 radical (unpaired) electrons. The normalized spacial score (nSPS) is 11.6. The van der Waals surface area contributed by atoms with Crippen LogP contribution < -0.4 is 9.80 Å². The zero-order valence-corrected chi connectivity index (χ0v) is 34.2. The number of hydrogen-bond donors (Lipinski definition) is 0. The van der Waals surface area contributed by atoms with Crippen molar-refractivity contribution in [1.82, 2.24) is 9.13 Å². The molecule has 0 spiro atoms. The lowest BCUT2D eigenvalue weighted by molar-refractivity contribution is 0.519. The minimum absolute atomic E-state index is 0.179. The van der Waals surface area contributed by atoms with Gasteiger partial charge in [-0.15, -0.1) is 0 Å². The molecular weight excluding hydrogens is 831 g/mol. The maximum Gasteiger partial charge on any atom is 0.153 e. The molecule has 0 aliphatic carbocycles. The summed E-state index contributed by atoms with van der Waals surface area (Å²) >= 11 is 0. The van der Waals surface area contributed by atoms with Crippen molar-refractivity contribution in [3.05, 3.63) is 235 Å². The van der Waals surface area contributed by atoms with Crippen LogP contribution in [0, 0.1) is 34.9 Å². The third-order valence-corrected chi connectivity index (χ3v) is 12.0. The van der Waals surface area contributed by atoms with Crippen LogP contribution in [0.25, 0.3) is 49.3 Å². The average molecular weight is 865 g/mol. The van der Waals surface area contributed by atoms with E-state index in [1.54, 1.807) is 18.2 Å². The van der Waals surface area contributed by atoms with Crippen molar-refractivity contribution < 1.29 is 26.3 Å². The summed E-state index contributed by atoms with van der Waals surface area (Å²) in [5, 5.41) is 3.07. The molecule has 0 saturated heterocycles. The van der Waals surface area contributed by atoms with Crippen molar-refractivity contribution in [1.29, 1.82) is 0 Å². The predicted octanol–water partition coefficient (Wildman–Crippen LogP) is 15.7. The summed E-state index contributed by atoms with van der Waals surface area (Å²) in [5.74, 6) is -6.02. The van der Waals surface area contributed by atoms with E-state index in [-0.39, 0.29) is 17.8 Å². The first kappa shape index (κ1) is 39.6. The number of rotatable bonds is 9. The van der Waals surface area contributed by atoms with Gasteiger partial charge in [-0.2, -0.15) is 0 Å². The van der Waals surface area contributed by atoms with Gasteiger partial charge in [-0.05, 0) is 97.1 Å². The standard InChI is InChI=1S/C55H34F6N4/c56-34-27-47(58)46(48(59)28-34)33-62-51-17-9-7-15-42(51)44-31-40(23-25-52(44)62)64(39-21-19-38(20-22-39)63(36-11-3-1-4-12-36)37-13-5-2-6-14-37)41-24-26-54-45(32-41)43-16-8-10-18-53(43)65(54)55-49(60)29-35(57)30-50(55)61/h1-32H,33H2. The highest BCUT2D eigenvalue weighted by atomic mass is 19.2.